The largest absolute Gasteiger partial charge is 0.479 e. The first-order chi connectivity index (χ1) is 8.78. The van der Waals surface area contributed by atoms with Gasteiger partial charge in [0.25, 0.3) is 0 Å². The standard InChI is InChI=1S/C14H18N2O2/c15-6-7-18-13-3-1-2-12(8-13)9-16-10-14(11-17)4-5-14/h1-3,8,16-17H,4-5,7,9-11H2. The maximum Gasteiger partial charge on any atom is 0.174 e. The topological polar surface area (TPSA) is 65.3 Å². The second-order valence-corrected chi connectivity index (χ2v) is 4.86. The maximum atomic E-state index is 9.20. The Bertz CT molecular complexity index is 436. The number of aliphatic hydroxyl groups excluding tert-OH is 1. The lowest BCUT2D eigenvalue weighted by Gasteiger charge is -2.13. The molecular formula is C14H18N2O2. The van der Waals surface area contributed by atoms with Gasteiger partial charge in [0.2, 0.25) is 0 Å². The summed E-state index contributed by atoms with van der Waals surface area (Å²) in [4.78, 5) is 0. The van der Waals surface area contributed by atoms with Crippen molar-refractivity contribution in [1.82, 2.24) is 5.32 Å². The van der Waals surface area contributed by atoms with Crippen molar-refractivity contribution < 1.29 is 9.84 Å². The highest BCUT2D eigenvalue weighted by atomic mass is 16.5. The van der Waals surface area contributed by atoms with Gasteiger partial charge in [-0.2, -0.15) is 5.26 Å². The Labute approximate surface area is 107 Å². The van der Waals surface area contributed by atoms with Crippen molar-refractivity contribution in [3.8, 4) is 11.8 Å². The number of rotatable bonds is 7. The Morgan fingerprint density at radius 1 is 1.44 bits per heavy atom. The van der Waals surface area contributed by atoms with Crippen LogP contribution in [0.2, 0.25) is 0 Å². The highest BCUT2D eigenvalue weighted by Gasteiger charge is 2.41. The lowest BCUT2D eigenvalue weighted by molar-refractivity contribution is 0.207. The van der Waals surface area contributed by atoms with Gasteiger partial charge >= 0.3 is 0 Å². The molecule has 1 aromatic rings. The van der Waals surface area contributed by atoms with E-state index in [-0.39, 0.29) is 18.6 Å². The van der Waals surface area contributed by atoms with Gasteiger partial charge in [-0.05, 0) is 30.5 Å². The molecule has 0 aromatic heterocycles. The van der Waals surface area contributed by atoms with Gasteiger partial charge < -0.3 is 15.2 Å². The van der Waals surface area contributed by atoms with E-state index in [4.69, 9.17) is 10.00 Å². The molecule has 0 bridgehead atoms. The normalized spacial score (nSPS) is 16.0. The van der Waals surface area contributed by atoms with E-state index in [0.717, 1.165) is 37.2 Å². The van der Waals surface area contributed by atoms with Crippen molar-refractivity contribution in [2.45, 2.75) is 19.4 Å². The zero-order valence-electron chi connectivity index (χ0n) is 10.4. The van der Waals surface area contributed by atoms with Crippen LogP contribution in [0.5, 0.6) is 5.75 Å². The number of hydrogen-bond donors (Lipinski definition) is 2. The molecule has 4 heteroatoms. The van der Waals surface area contributed by atoms with Crippen LogP contribution in [0, 0.1) is 16.7 Å². The molecule has 0 unspecified atom stereocenters. The number of aliphatic hydroxyl groups is 1. The number of hydrogen-bond acceptors (Lipinski definition) is 4. The van der Waals surface area contributed by atoms with Crippen molar-refractivity contribution in [1.29, 1.82) is 5.26 Å². The van der Waals surface area contributed by atoms with Gasteiger partial charge in [0.05, 0.1) is 0 Å². The van der Waals surface area contributed by atoms with Gasteiger partial charge in [-0.1, -0.05) is 12.1 Å². The molecule has 4 nitrogen and oxygen atoms in total. The third kappa shape index (κ3) is 3.46. The quantitative estimate of drug-likeness (QED) is 0.764. The fourth-order valence-electron chi connectivity index (χ4n) is 1.90. The van der Waals surface area contributed by atoms with E-state index in [1.54, 1.807) is 0 Å². The van der Waals surface area contributed by atoms with Crippen molar-refractivity contribution in [3.05, 3.63) is 29.8 Å². The molecule has 1 saturated carbocycles. The molecule has 1 aromatic carbocycles. The fourth-order valence-corrected chi connectivity index (χ4v) is 1.90. The van der Waals surface area contributed by atoms with Crippen molar-refractivity contribution >= 4 is 0 Å². The third-order valence-electron chi connectivity index (χ3n) is 3.32. The summed E-state index contributed by atoms with van der Waals surface area (Å²) in [5.74, 6) is 0.721. The molecule has 0 saturated heterocycles. The summed E-state index contributed by atoms with van der Waals surface area (Å²) in [6, 6.07) is 9.66. The van der Waals surface area contributed by atoms with E-state index in [9.17, 15) is 5.11 Å². The Morgan fingerprint density at radius 3 is 2.94 bits per heavy atom. The molecular weight excluding hydrogens is 228 g/mol. The first-order valence-corrected chi connectivity index (χ1v) is 6.18. The third-order valence-corrected chi connectivity index (χ3v) is 3.32. The van der Waals surface area contributed by atoms with Gasteiger partial charge in [0, 0.05) is 25.1 Å². The zero-order chi connectivity index (χ0) is 12.8. The van der Waals surface area contributed by atoms with Gasteiger partial charge in [-0.3, -0.25) is 0 Å². The lowest BCUT2D eigenvalue weighted by atomic mass is 10.1. The van der Waals surface area contributed by atoms with Crippen LogP contribution in [0.4, 0.5) is 0 Å². The lowest BCUT2D eigenvalue weighted by Crippen LogP contribution is -2.26. The van der Waals surface area contributed by atoms with Crippen LogP contribution in [0.3, 0.4) is 0 Å². The van der Waals surface area contributed by atoms with Crippen molar-refractivity contribution in [2.75, 3.05) is 19.8 Å². The Hall–Kier alpha value is -1.57. The van der Waals surface area contributed by atoms with Crippen LogP contribution in [0.1, 0.15) is 18.4 Å². The predicted octanol–water partition coefficient (Wildman–Crippen LogP) is 1.45. The Balaban J connectivity index is 1.80. The summed E-state index contributed by atoms with van der Waals surface area (Å²) in [6.45, 7) is 1.95. The fraction of sp³-hybridized carbons (Fsp3) is 0.500. The van der Waals surface area contributed by atoms with Crippen LogP contribution in [-0.4, -0.2) is 24.9 Å². The summed E-state index contributed by atoms with van der Waals surface area (Å²) in [5.41, 5.74) is 1.26. The first-order valence-electron chi connectivity index (χ1n) is 6.18. The van der Waals surface area contributed by atoms with E-state index in [1.165, 1.54) is 0 Å². The average Bonchev–Trinajstić information content (AvgIpc) is 3.17. The van der Waals surface area contributed by atoms with Gasteiger partial charge in [0.15, 0.2) is 6.61 Å². The summed E-state index contributed by atoms with van der Waals surface area (Å²) in [5, 5.41) is 21.0. The molecule has 18 heavy (non-hydrogen) atoms. The SMILES string of the molecule is N#CCOc1cccc(CNCC2(CO)CC2)c1. The molecule has 0 atom stereocenters. The Kier molecular flexibility index (Phi) is 4.19. The Morgan fingerprint density at radius 2 is 2.28 bits per heavy atom. The zero-order valence-corrected chi connectivity index (χ0v) is 10.4. The van der Waals surface area contributed by atoms with E-state index in [1.807, 2.05) is 30.3 Å². The van der Waals surface area contributed by atoms with E-state index in [0.29, 0.717) is 0 Å². The summed E-state index contributed by atoms with van der Waals surface area (Å²) < 4.78 is 5.25. The molecule has 1 aliphatic carbocycles. The van der Waals surface area contributed by atoms with Gasteiger partial charge in [-0.25, -0.2) is 0 Å². The minimum absolute atomic E-state index is 0.0739. The predicted molar refractivity (Wildman–Crippen MR) is 68.0 cm³/mol. The number of nitriles is 1. The average molecular weight is 246 g/mol. The van der Waals surface area contributed by atoms with Crippen LogP contribution >= 0.6 is 0 Å². The summed E-state index contributed by atoms with van der Waals surface area (Å²) in [7, 11) is 0. The highest BCUT2D eigenvalue weighted by Crippen LogP contribution is 2.44. The second-order valence-electron chi connectivity index (χ2n) is 4.86. The molecule has 2 rings (SSSR count). The maximum absolute atomic E-state index is 9.20. The molecule has 0 aliphatic heterocycles. The van der Waals surface area contributed by atoms with Crippen molar-refractivity contribution in [2.24, 2.45) is 5.41 Å². The van der Waals surface area contributed by atoms with E-state index >= 15 is 0 Å². The van der Waals surface area contributed by atoms with E-state index in [2.05, 4.69) is 5.32 Å². The molecule has 2 N–H and O–H groups in total. The van der Waals surface area contributed by atoms with Crippen LogP contribution in [0.15, 0.2) is 24.3 Å². The molecule has 96 valence electrons. The van der Waals surface area contributed by atoms with E-state index < -0.39 is 0 Å². The number of benzene rings is 1. The molecule has 1 aliphatic rings. The molecule has 0 amide bonds. The molecule has 0 heterocycles. The minimum Gasteiger partial charge on any atom is -0.479 e. The molecule has 1 fully saturated rings. The number of ether oxygens (including phenoxy) is 1. The monoisotopic (exact) mass is 246 g/mol. The van der Waals surface area contributed by atoms with Gasteiger partial charge in [0.1, 0.15) is 11.8 Å². The van der Waals surface area contributed by atoms with Gasteiger partial charge in [-0.15, -0.1) is 0 Å². The van der Waals surface area contributed by atoms with Crippen molar-refractivity contribution in [3.63, 3.8) is 0 Å². The molecule has 0 spiro atoms. The minimum atomic E-state index is 0.0739. The van der Waals surface area contributed by atoms with Crippen LogP contribution in [0.25, 0.3) is 0 Å². The summed E-state index contributed by atoms with van der Waals surface area (Å²) in [6.07, 6.45) is 2.23. The second kappa shape index (κ2) is 5.85. The smallest absolute Gasteiger partial charge is 0.174 e. The number of nitrogens with one attached hydrogen (secondary N) is 1. The number of nitrogens with zero attached hydrogens (tertiary/aromatic N) is 1. The first kappa shape index (κ1) is 12.9. The van der Waals surface area contributed by atoms with Crippen LogP contribution in [-0.2, 0) is 6.54 Å². The summed E-state index contributed by atoms with van der Waals surface area (Å²) >= 11 is 0. The highest BCUT2D eigenvalue weighted by molar-refractivity contribution is 5.28. The molecule has 0 radical (unpaired) electrons. The van der Waals surface area contributed by atoms with Crippen LogP contribution < -0.4 is 10.1 Å².